The fraction of sp³-hybridized carbons (Fsp3) is 0.125. The molecule has 3 aromatic carbocycles. The predicted octanol–water partition coefficient (Wildman–Crippen LogP) is 5.38. The van der Waals surface area contributed by atoms with E-state index in [2.05, 4.69) is 15.5 Å². The number of halogens is 2. The van der Waals surface area contributed by atoms with E-state index in [1.165, 1.54) is 36.0 Å². The first-order valence-electron chi connectivity index (χ1n) is 10.2. The maximum Gasteiger partial charge on any atom is 0.234 e. The minimum Gasteiger partial charge on any atom is -0.497 e. The Morgan fingerprint density at radius 1 is 1.00 bits per heavy atom. The SMILES string of the molecule is COc1ccc(-n2c(COc3ccc(Cl)cc3)nnc2SCC(=O)Nc2ccc(F)cc2)cc1. The summed E-state index contributed by atoms with van der Waals surface area (Å²) >= 11 is 7.16. The maximum absolute atomic E-state index is 13.1. The van der Waals surface area contributed by atoms with Crippen LogP contribution in [0, 0.1) is 5.82 Å². The monoisotopic (exact) mass is 498 g/mol. The van der Waals surface area contributed by atoms with Gasteiger partial charge in [-0.3, -0.25) is 9.36 Å². The molecular weight excluding hydrogens is 479 g/mol. The zero-order chi connectivity index (χ0) is 23.9. The number of nitrogens with zero attached hydrogens (tertiary/aromatic N) is 3. The fourth-order valence-corrected chi connectivity index (χ4v) is 3.91. The van der Waals surface area contributed by atoms with E-state index in [9.17, 15) is 9.18 Å². The Hall–Kier alpha value is -3.56. The molecule has 0 aliphatic rings. The fourth-order valence-electron chi connectivity index (χ4n) is 3.02. The Morgan fingerprint density at radius 2 is 1.68 bits per heavy atom. The van der Waals surface area contributed by atoms with Crippen LogP contribution in [0.5, 0.6) is 11.5 Å². The van der Waals surface area contributed by atoms with Crippen LogP contribution in [0.4, 0.5) is 10.1 Å². The first kappa shape index (κ1) is 23.6. The highest BCUT2D eigenvalue weighted by atomic mass is 35.5. The van der Waals surface area contributed by atoms with E-state index in [1.807, 2.05) is 28.8 Å². The molecule has 4 aromatic rings. The lowest BCUT2D eigenvalue weighted by molar-refractivity contribution is -0.113. The van der Waals surface area contributed by atoms with E-state index in [0.717, 1.165) is 5.69 Å². The van der Waals surface area contributed by atoms with Crippen LogP contribution in [0.1, 0.15) is 5.82 Å². The number of anilines is 1. The van der Waals surface area contributed by atoms with Crippen molar-refractivity contribution in [3.8, 4) is 17.2 Å². The van der Waals surface area contributed by atoms with Crippen LogP contribution in [-0.4, -0.2) is 33.5 Å². The van der Waals surface area contributed by atoms with E-state index in [4.69, 9.17) is 21.1 Å². The van der Waals surface area contributed by atoms with E-state index in [1.54, 1.807) is 31.4 Å². The van der Waals surface area contributed by atoms with Gasteiger partial charge in [0, 0.05) is 16.4 Å². The zero-order valence-corrected chi connectivity index (χ0v) is 19.6. The summed E-state index contributed by atoms with van der Waals surface area (Å²) in [5.74, 6) is 1.38. The van der Waals surface area contributed by atoms with Crippen LogP contribution in [0.2, 0.25) is 5.02 Å². The van der Waals surface area contributed by atoms with E-state index >= 15 is 0 Å². The highest BCUT2D eigenvalue weighted by Gasteiger charge is 2.17. The Balaban J connectivity index is 1.51. The van der Waals surface area contributed by atoms with Gasteiger partial charge in [-0.05, 0) is 72.8 Å². The summed E-state index contributed by atoms with van der Waals surface area (Å²) in [6, 6.07) is 20.0. The molecular formula is C24H20ClFN4O3S. The van der Waals surface area contributed by atoms with E-state index < -0.39 is 0 Å². The Morgan fingerprint density at radius 3 is 2.35 bits per heavy atom. The molecule has 174 valence electrons. The summed E-state index contributed by atoms with van der Waals surface area (Å²) in [5.41, 5.74) is 1.31. The van der Waals surface area contributed by atoms with Gasteiger partial charge in [-0.1, -0.05) is 23.4 Å². The third kappa shape index (κ3) is 6.06. The van der Waals surface area contributed by atoms with Gasteiger partial charge in [-0.15, -0.1) is 10.2 Å². The first-order chi connectivity index (χ1) is 16.5. The van der Waals surface area contributed by atoms with Gasteiger partial charge >= 0.3 is 0 Å². The average molecular weight is 499 g/mol. The van der Waals surface area contributed by atoms with Crippen LogP contribution in [0.15, 0.2) is 78.0 Å². The van der Waals surface area contributed by atoms with Gasteiger partial charge in [-0.2, -0.15) is 0 Å². The second-order valence-electron chi connectivity index (χ2n) is 7.02. The molecule has 10 heteroatoms. The number of benzene rings is 3. The van der Waals surface area contributed by atoms with Gasteiger partial charge in [0.2, 0.25) is 5.91 Å². The Labute approximate surface area is 204 Å². The maximum atomic E-state index is 13.1. The summed E-state index contributed by atoms with van der Waals surface area (Å²) in [6.45, 7) is 0.156. The lowest BCUT2D eigenvalue weighted by Gasteiger charge is -2.12. The first-order valence-corrected chi connectivity index (χ1v) is 11.5. The standard InChI is InChI=1S/C24H20ClFN4O3S/c1-32-20-12-8-19(9-13-20)30-22(14-33-21-10-2-16(25)3-11-21)28-29-24(30)34-15-23(31)27-18-6-4-17(26)5-7-18/h2-13H,14-15H2,1H3,(H,27,31). The van der Waals surface area contributed by atoms with Gasteiger partial charge in [0.1, 0.15) is 23.9 Å². The van der Waals surface area contributed by atoms with Crippen molar-refractivity contribution < 1.29 is 18.7 Å². The zero-order valence-electron chi connectivity index (χ0n) is 18.1. The van der Waals surface area contributed by atoms with Crippen molar-refractivity contribution in [3.05, 3.63) is 89.5 Å². The van der Waals surface area contributed by atoms with Gasteiger partial charge in [0.25, 0.3) is 0 Å². The molecule has 0 aliphatic carbocycles. The number of rotatable bonds is 9. The van der Waals surface area contributed by atoms with E-state index in [0.29, 0.717) is 33.2 Å². The van der Waals surface area contributed by atoms with Gasteiger partial charge in [-0.25, -0.2) is 4.39 Å². The van der Waals surface area contributed by atoms with Crippen LogP contribution < -0.4 is 14.8 Å². The average Bonchev–Trinajstić information content (AvgIpc) is 3.26. The molecule has 1 heterocycles. The number of nitrogens with one attached hydrogen (secondary N) is 1. The molecule has 0 unspecified atom stereocenters. The quantitative estimate of drug-likeness (QED) is 0.312. The molecule has 0 spiro atoms. The van der Waals surface area contributed by atoms with Crippen molar-refractivity contribution in [1.82, 2.24) is 14.8 Å². The normalized spacial score (nSPS) is 10.7. The Bertz CT molecular complexity index is 1250. The van der Waals surface area contributed by atoms with Crippen LogP contribution in [0.25, 0.3) is 5.69 Å². The summed E-state index contributed by atoms with van der Waals surface area (Å²) < 4.78 is 26.0. The second-order valence-corrected chi connectivity index (χ2v) is 8.40. The molecule has 0 radical (unpaired) electrons. The molecule has 0 fully saturated rings. The molecule has 0 bridgehead atoms. The summed E-state index contributed by atoms with van der Waals surface area (Å²) in [4.78, 5) is 12.4. The number of carbonyl (C=O) groups is 1. The number of thioether (sulfide) groups is 1. The lowest BCUT2D eigenvalue weighted by Crippen LogP contribution is -2.14. The van der Waals surface area contributed by atoms with Crippen LogP contribution in [-0.2, 0) is 11.4 Å². The molecule has 4 rings (SSSR count). The van der Waals surface area contributed by atoms with Crippen molar-refractivity contribution in [2.24, 2.45) is 0 Å². The smallest absolute Gasteiger partial charge is 0.234 e. The van der Waals surface area contributed by atoms with Crippen molar-refractivity contribution >= 4 is 35.0 Å². The molecule has 7 nitrogen and oxygen atoms in total. The molecule has 1 N–H and O–H groups in total. The molecule has 34 heavy (non-hydrogen) atoms. The number of hydrogen-bond acceptors (Lipinski definition) is 6. The minimum atomic E-state index is -0.367. The number of methoxy groups -OCH3 is 1. The highest BCUT2D eigenvalue weighted by molar-refractivity contribution is 7.99. The van der Waals surface area contributed by atoms with Crippen molar-refractivity contribution in [2.75, 3.05) is 18.2 Å². The third-order valence-corrected chi connectivity index (χ3v) is 5.85. The molecule has 0 saturated carbocycles. The highest BCUT2D eigenvalue weighted by Crippen LogP contribution is 2.25. The number of amides is 1. The van der Waals surface area contributed by atoms with Gasteiger partial charge in [0.15, 0.2) is 11.0 Å². The predicted molar refractivity (Wildman–Crippen MR) is 129 cm³/mol. The third-order valence-electron chi connectivity index (χ3n) is 4.67. The molecule has 0 atom stereocenters. The van der Waals surface area contributed by atoms with Crippen LogP contribution in [0.3, 0.4) is 0 Å². The topological polar surface area (TPSA) is 78.3 Å². The van der Waals surface area contributed by atoms with Crippen molar-refractivity contribution in [2.45, 2.75) is 11.8 Å². The largest absolute Gasteiger partial charge is 0.497 e. The number of aromatic nitrogens is 3. The molecule has 1 aromatic heterocycles. The van der Waals surface area contributed by atoms with Gasteiger partial charge in [0.05, 0.1) is 12.9 Å². The van der Waals surface area contributed by atoms with Gasteiger partial charge < -0.3 is 14.8 Å². The molecule has 1 amide bonds. The van der Waals surface area contributed by atoms with Crippen molar-refractivity contribution in [3.63, 3.8) is 0 Å². The lowest BCUT2D eigenvalue weighted by atomic mass is 10.3. The summed E-state index contributed by atoms with van der Waals surface area (Å²) in [7, 11) is 1.60. The second kappa shape index (κ2) is 11.0. The van der Waals surface area contributed by atoms with E-state index in [-0.39, 0.29) is 24.1 Å². The molecule has 0 saturated heterocycles. The molecule has 0 aliphatic heterocycles. The summed E-state index contributed by atoms with van der Waals surface area (Å²) in [6.07, 6.45) is 0. The number of hydrogen-bond donors (Lipinski definition) is 1. The number of ether oxygens (including phenoxy) is 2. The number of carbonyl (C=O) groups excluding carboxylic acids is 1. The summed E-state index contributed by atoms with van der Waals surface area (Å²) in [5, 5.41) is 12.4. The minimum absolute atomic E-state index is 0.0870. The van der Waals surface area contributed by atoms with Crippen LogP contribution >= 0.6 is 23.4 Å². The van der Waals surface area contributed by atoms with Crippen molar-refractivity contribution in [1.29, 1.82) is 0 Å². The Kier molecular flexibility index (Phi) is 7.66.